The van der Waals surface area contributed by atoms with Crippen LogP contribution in [0.1, 0.15) is 18.4 Å². The number of rotatable bonds is 5. The Kier molecular flexibility index (Phi) is 6.89. The first kappa shape index (κ1) is 21.4. The first-order chi connectivity index (χ1) is 13.3. The summed E-state index contributed by atoms with van der Waals surface area (Å²) in [5.41, 5.74) is 0.731. The van der Waals surface area contributed by atoms with E-state index >= 15 is 0 Å². The van der Waals surface area contributed by atoms with Crippen LogP contribution in [0.5, 0.6) is 5.88 Å². The topological polar surface area (TPSA) is 92.7 Å². The largest absolute Gasteiger partial charge is 0.480 e. The van der Waals surface area contributed by atoms with Crippen molar-refractivity contribution in [2.75, 3.05) is 45.0 Å². The van der Waals surface area contributed by atoms with Gasteiger partial charge in [0.15, 0.2) is 5.16 Å². The highest BCUT2D eigenvalue weighted by molar-refractivity contribution is 8.03. The Bertz CT molecular complexity index is 867. The van der Waals surface area contributed by atoms with Gasteiger partial charge in [-0.15, -0.1) is 11.8 Å². The highest BCUT2D eigenvalue weighted by atomic mass is 32.2. The van der Waals surface area contributed by atoms with Crippen LogP contribution in [0.4, 0.5) is 0 Å². The second-order valence-corrected chi connectivity index (χ2v) is 10.4. The number of nitrogens with zero attached hydrogens (tertiary/aromatic N) is 4. The van der Waals surface area contributed by atoms with Gasteiger partial charge in [-0.3, -0.25) is 4.79 Å². The van der Waals surface area contributed by atoms with Gasteiger partial charge in [-0.25, -0.2) is 17.7 Å². The number of sulfonamides is 1. The Balaban J connectivity index is 1.74. The molecule has 0 atom stereocenters. The molecule has 0 unspecified atom stereocenters. The zero-order valence-electron chi connectivity index (χ0n) is 16.1. The van der Waals surface area contributed by atoms with E-state index in [1.54, 1.807) is 30.0 Å². The Morgan fingerprint density at radius 3 is 2.68 bits per heavy atom. The van der Waals surface area contributed by atoms with Gasteiger partial charge in [0.2, 0.25) is 21.8 Å². The number of carbonyl (C=O) groups excluding carboxylic acids is 1. The minimum absolute atomic E-state index is 0.0602. The van der Waals surface area contributed by atoms with Gasteiger partial charge < -0.3 is 9.64 Å². The summed E-state index contributed by atoms with van der Waals surface area (Å²) < 4.78 is 30.2. The quantitative estimate of drug-likeness (QED) is 0.501. The lowest BCUT2D eigenvalue weighted by Gasteiger charge is -2.31. The SMILES string of the molecule is COc1nc(SC)ncc1/C=C1/SCCN1C(=O)C1CCN(S(C)(=O)=O)CC1. The Hall–Kier alpha value is -1.30. The van der Waals surface area contributed by atoms with Crippen molar-refractivity contribution in [3.8, 4) is 5.88 Å². The number of ether oxygens (including phenoxy) is 1. The molecule has 2 saturated heterocycles. The fourth-order valence-electron chi connectivity index (χ4n) is 3.28. The van der Waals surface area contributed by atoms with E-state index in [0.717, 1.165) is 16.3 Å². The normalized spacial score (nSPS) is 20.7. The van der Waals surface area contributed by atoms with E-state index in [-0.39, 0.29) is 11.8 Å². The van der Waals surface area contributed by atoms with Gasteiger partial charge in [0.1, 0.15) is 0 Å². The summed E-state index contributed by atoms with van der Waals surface area (Å²) in [5.74, 6) is 1.21. The van der Waals surface area contributed by atoms with Crippen LogP contribution in [0.2, 0.25) is 0 Å². The molecular weight excluding hydrogens is 420 g/mol. The van der Waals surface area contributed by atoms with Crippen molar-refractivity contribution < 1.29 is 17.9 Å². The maximum atomic E-state index is 13.1. The molecule has 2 fully saturated rings. The van der Waals surface area contributed by atoms with Crippen LogP contribution in [0.3, 0.4) is 0 Å². The standard InChI is InChI=1S/C17H24N4O4S3/c1-25-15-13(11-18-17(19-15)26-2)10-14-21(8-9-27-14)16(22)12-4-6-20(7-5-12)28(3,23)24/h10-12H,4-9H2,1-3H3/b14-10+. The Labute approximate surface area is 174 Å². The third-order valence-corrected chi connectivity index (χ3v) is 7.67. The Morgan fingerprint density at radius 1 is 1.36 bits per heavy atom. The molecule has 0 aromatic carbocycles. The molecule has 0 radical (unpaired) electrons. The van der Waals surface area contributed by atoms with Gasteiger partial charge in [-0.1, -0.05) is 11.8 Å². The second-order valence-electron chi connectivity index (χ2n) is 6.58. The number of hydrogen-bond acceptors (Lipinski definition) is 8. The number of carbonyl (C=O) groups is 1. The number of amides is 1. The van der Waals surface area contributed by atoms with Crippen molar-refractivity contribution in [1.29, 1.82) is 0 Å². The molecule has 0 saturated carbocycles. The van der Waals surface area contributed by atoms with Crippen LogP contribution in [0.25, 0.3) is 6.08 Å². The van der Waals surface area contributed by atoms with Gasteiger partial charge >= 0.3 is 0 Å². The van der Waals surface area contributed by atoms with Gasteiger partial charge in [-0.2, -0.15) is 4.98 Å². The lowest BCUT2D eigenvalue weighted by Crippen LogP contribution is -2.43. The molecule has 2 aliphatic heterocycles. The predicted octanol–water partition coefficient (Wildman–Crippen LogP) is 1.75. The summed E-state index contributed by atoms with van der Waals surface area (Å²) in [6.07, 6.45) is 7.81. The van der Waals surface area contributed by atoms with Crippen molar-refractivity contribution in [2.24, 2.45) is 5.92 Å². The second kappa shape index (κ2) is 9.02. The number of piperidine rings is 1. The van der Waals surface area contributed by atoms with Crippen LogP contribution < -0.4 is 4.74 Å². The molecule has 1 amide bonds. The summed E-state index contributed by atoms with van der Waals surface area (Å²) in [6, 6.07) is 0. The van der Waals surface area contributed by atoms with Crippen molar-refractivity contribution in [2.45, 2.75) is 18.0 Å². The van der Waals surface area contributed by atoms with Crippen LogP contribution in [-0.2, 0) is 14.8 Å². The summed E-state index contributed by atoms with van der Waals surface area (Å²) in [6.45, 7) is 1.44. The lowest BCUT2D eigenvalue weighted by atomic mass is 9.96. The fourth-order valence-corrected chi connectivity index (χ4v) is 5.51. The maximum absolute atomic E-state index is 13.1. The van der Waals surface area contributed by atoms with E-state index in [2.05, 4.69) is 9.97 Å². The molecule has 3 rings (SSSR count). The first-order valence-corrected chi connectivity index (χ1v) is 13.0. The predicted molar refractivity (Wildman–Crippen MR) is 112 cm³/mol. The monoisotopic (exact) mass is 444 g/mol. The maximum Gasteiger partial charge on any atom is 0.230 e. The van der Waals surface area contributed by atoms with Crippen LogP contribution in [-0.4, -0.2) is 78.5 Å². The first-order valence-electron chi connectivity index (χ1n) is 8.89. The van der Waals surface area contributed by atoms with E-state index in [9.17, 15) is 13.2 Å². The van der Waals surface area contributed by atoms with Crippen LogP contribution in [0, 0.1) is 5.92 Å². The van der Waals surface area contributed by atoms with Crippen molar-refractivity contribution in [3.05, 3.63) is 16.8 Å². The molecule has 0 bridgehead atoms. The molecule has 1 aromatic rings. The number of hydrogen-bond donors (Lipinski definition) is 0. The van der Waals surface area contributed by atoms with E-state index in [4.69, 9.17) is 4.74 Å². The molecule has 8 nitrogen and oxygen atoms in total. The van der Waals surface area contributed by atoms with E-state index < -0.39 is 10.0 Å². The molecule has 0 spiro atoms. The molecule has 11 heteroatoms. The lowest BCUT2D eigenvalue weighted by molar-refractivity contribution is -0.133. The van der Waals surface area contributed by atoms with E-state index in [0.29, 0.717) is 43.5 Å². The third-order valence-electron chi connectivity index (χ3n) is 4.78. The molecule has 3 heterocycles. The minimum atomic E-state index is -3.20. The van der Waals surface area contributed by atoms with Gasteiger partial charge in [0.25, 0.3) is 0 Å². The van der Waals surface area contributed by atoms with E-state index in [1.807, 2.05) is 12.3 Å². The molecule has 0 N–H and O–H groups in total. The summed E-state index contributed by atoms with van der Waals surface area (Å²) in [7, 11) is -1.63. The number of thioether (sulfide) groups is 2. The van der Waals surface area contributed by atoms with Gasteiger partial charge in [0, 0.05) is 37.5 Å². The van der Waals surface area contributed by atoms with Gasteiger partial charge in [-0.05, 0) is 25.2 Å². The molecule has 154 valence electrons. The summed E-state index contributed by atoms with van der Waals surface area (Å²) in [4.78, 5) is 23.5. The minimum Gasteiger partial charge on any atom is -0.480 e. The van der Waals surface area contributed by atoms with Crippen molar-refractivity contribution in [3.63, 3.8) is 0 Å². The zero-order valence-corrected chi connectivity index (χ0v) is 18.6. The molecular formula is C17H24N4O4S3. The smallest absolute Gasteiger partial charge is 0.230 e. The average molecular weight is 445 g/mol. The van der Waals surface area contributed by atoms with Crippen molar-refractivity contribution >= 4 is 45.5 Å². The third kappa shape index (κ3) is 4.81. The van der Waals surface area contributed by atoms with E-state index in [1.165, 1.54) is 22.3 Å². The highest BCUT2D eigenvalue weighted by Crippen LogP contribution is 2.34. The summed E-state index contributed by atoms with van der Waals surface area (Å²) in [5, 5.41) is 1.48. The molecule has 2 aliphatic rings. The molecule has 0 aliphatic carbocycles. The Morgan fingerprint density at radius 2 is 2.07 bits per heavy atom. The fraction of sp³-hybridized carbons (Fsp3) is 0.588. The van der Waals surface area contributed by atoms with Crippen LogP contribution >= 0.6 is 23.5 Å². The van der Waals surface area contributed by atoms with Gasteiger partial charge in [0.05, 0.1) is 24.0 Å². The van der Waals surface area contributed by atoms with Crippen molar-refractivity contribution in [1.82, 2.24) is 19.2 Å². The zero-order chi connectivity index (χ0) is 20.3. The molecule has 28 heavy (non-hydrogen) atoms. The number of aromatic nitrogens is 2. The van der Waals surface area contributed by atoms with Crippen LogP contribution in [0.15, 0.2) is 16.4 Å². The highest BCUT2D eigenvalue weighted by Gasteiger charge is 2.34. The average Bonchev–Trinajstić information content (AvgIpc) is 3.15. The number of methoxy groups -OCH3 is 1. The molecule has 1 aromatic heterocycles. The summed E-state index contributed by atoms with van der Waals surface area (Å²) >= 11 is 3.05.